The highest BCUT2D eigenvalue weighted by Crippen LogP contribution is 2.66. The molecule has 2 aliphatic carbocycles. The molecule has 15 rings (SSSR count). The van der Waals surface area contributed by atoms with Gasteiger partial charge in [-0.15, -0.1) is 0 Å². The molecule has 69 heavy (non-hydrogen) atoms. The summed E-state index contributed by atoms with van der Waals surface area (Å²) in [4.78, 5) is 2.51. The number of hydrogen-bond acceptors (Lipinski definition) is 3. The fraction of sp³-hybridized carbons (Fsp3) is 0.0303. The van der Waals surface area contributed by atoms with Crippen LogP contribution < -0.4 is 14.4 Å². The molecule has 0 amide bonds. The quantitative estimate of drug-likeness (QED) is 0.176. The van der Waals surface area contributed by atoms with E-state index in [0.29, 0.717) is 0 Å². The molecule has 11 aromatic rings. The van der Waals surface area contributed by atoms with Crippen molar-refractivity contribution in [3.05, 3.63) is 293 Å². The zero-order valence-corrected chi connectivity index (χ0v) is 37.4. The summed E-state index contributed by atoms with van der Waals surface area (Å²) < 4.78 is 13.4. The lowest BCUT2D eigenvalue weighted by Crippen LogP contribution is -2.32. The van der Waals surface area contributed by atoms with E-state index in [1.807, 2.05) is 0 Å². The van der Waals surface area contributed by atoms with Gasteiger partial charge in [0.15, 0.2) is 0 Å². The van der Waals surface area contributed by atoms with E-state index < -0.39 is 10.8 Å². The molecule has 3 heteroatoms. The highest BCUT2D eigenvalue weighted by molar-refractivity contribution is 6.01. The van der Waals surface area contributed by atoms with Crippen molar-refractivity contribution in [1.29, 1.82) is 0 Å². The third-order valence-electron chi connectivity index (χ3n) is 15.4. The molecule has 0 atom stereocenters. The predicted molar refractivity (Wildman–Crippen MR) is 279 cm³/mol. The molecule has 4 aliphatic rings. The van der Waals surface area contributed by atoms with E-state index in [1.165, 1.54) is 66.4 Å². The van der Waals surface area contributed by atoms with Crippen molar-refractivity contribution in [2.24, 2.45) is 0 Å². The van der Waals surface area contributed by atoms with E-state index in [0.717, 1.165) is 62.3 Å². The summed E-state index contributed by atoms with van der Waals surface area (Å²) in [7, 11) is 0. The number of ether oxygens (including phenoxy) is 2. The van der Waals surface area contributed by atoms with E-state index in [1.54, 1.807) is 0 Å². The molecule has 2 aliphatic heterocycles. The van der Waals surface area contributed by atoms with Gasteiger partial charge in [-0.05, 0) is 122 Å². The summed E-state index contributed by atoms with van der Waals surface area (Å²) in [5.41, 5.74) is 19.0. The Kier molecular flexibility index (Phi) is 7.92. The van der Waals surface area contributed by atoms with Crippen molar-refractivity contribution in [1.82, 2.24) is 0 Å². The first-order valence-corrected chi connectivity index (χ1v) is 23.8. The highest BCUT2D eigenvalue weighted by atomic mass is 16.5. The number of nitrogens with zero attached hydrogens (tertiary/aromatic N) is 1. The summed E-state index contributed by atoms with van der Waals surface area (Å²) in [6.45, 7) is 0. The predicted octanol–water partition coefficient (Wildman–Crippen LogP) is 16.9. The fourth-order valence-corrected chi connectivity index (χ4v) is 12.7. The van der Waals surface area contributed by atoms with Crippen LogP contribution in [0.3, 0.4) is 0 Å². The minimum Gasteiger partial charge on any atom is -0.457 e. The van der Waals surface area contributed by atoms with Crippen LogP contribution in [0.5, 0.6) is 23.0 Å². The monoisotopic (exact) mass is 879 g/mol. The average molecular weight is 880 g/mol. The van der Waals surface area contributed by atoms with Crippen LogP contribution in [0.1, 0.15) is 44.5 Å². The van der Waals surface area contributed by atoms with Crippen molar-refractivity contribution in [3.63, 3.8) is 0 Å². The van der Waals surface area contributed by atoms with Crippen LogP contribution in [0.25, 0.3) is 44.2 Å². The Morgan fingerprint density at radius 3 is 1.36 bits per heavy atom. The van der Waals surface area contributed by atoms with Gasteiger partial charge in [0.05, 0.1) is 16.5 Å². The van der Waals surface area contributed by atoms with Gasteiger partial charge >= 0.3 is 0 Å². The number of anilines is 3. The van der Waals surface area contributed by atoms with Crippen LogP contribution in [-0.4, -0.2) is 0 Å². The molecule has 2 spiro atoms. The zero-order valence-electron chi connectivity index (χ0n) is 37.4. The van der Waals surface area contributed by atoms with E-state index >= 15 is 0 Å². The topological polar surface area (TPSA) is 21.7 Å². The van der Waals surface area contributed by atoms with Gasteiger partial charge in [-0.3, -0.25) is 0 Å². The van der Waals surface area contributed by atoms with Crippen molar-refractivity contribution in [2.45, 2.75) is 10.8 Å². The molecule has 2 heterocycles. The van der Waals surface area contributed by atoms with Gasteiger partial charge in [0.2, 0.25) is 0 Å². The SMILES string of the molecule is c1ccc(-c2ccc3cc(N(c4ccc5c(c4)-c4ccccc4C54c5ccccc5Oc5ccccc54)c4cccc5c4-c4ccccc4C54c5ccccc5Oc5ccccc54)ccc3c2)cc1. The van der Waals surface area contributed by atoms with E-state index in [9.17, 15) is 0 Å². The van der Waals surface area contributed by atoms with Crippen LogP contribution in [0.15, 0.2) is 249 Å². The Labute approximate surface area is 400 Å². The van der Waals surface area contributed by atoms with Gasteiger partial charge < -0.3 is 14.4 Å². The third kappa shape index (κ3) is 5.11. The first-order chi connectivity index (χ1) is 34.2. The lowest BCUT2D eigenvalue weighted by Gasteiger charge is -2.39. The van der Waals surface area contributed by atoms with Crippen LogP contribution in [0.4, 0.5) is 17.1 Å². The summed E-state index contributed by atoms with van der Waals surface area (Å²) >= 11 is 0. The third-order valence-corrected chi connectivity index (χ3v) is 15.4. The largest absolute Gasteiger partial charge is 0.457 e. The Bertz CT molecular complexity index is 3850. The minimum atomic E-state index is -0.608. The van der Waals surface area contributed by atoms with Gasteiger partial charge in [0.25, 0.3) is 0 Å². The molecule has 0 N–H and O–H groups in total. The van der Waals surface area contributed by atoms with Gasteiger partial charge in [0.1, 0.15) is 23.0 Å². The molecule has 0 bridgehead atoms. The molecule has 3 nitrogen and oxygen atoms in total. The van der Waals surface area contributed by atoms with E-state index in [4.69, 9.17) is 9.47 Å². The van der Waals surface area contributed by atoms with Crippen LogP contribution in [0.2, 0.25) is 0 Å². The Morgan fingerprint density at radius 2 is 0.725 bits per heavy atom. The van der Waals surface area contributed by atoms with Gasteiger partial charge in [-0.25, -0.2) is 0 Å². The molecule has 0 aromatic heterocycles. The maximum atomic E-state index is 6.73. The Morgan fingerprint density at radius 1 is 0.275 bits per heavy atom. The second-order valence-corrected chi connectivity index (χ2v) is 18.7. The number of rotatable bonds is 4. The van der Waals surface area contributed by atoms with Crippen LogP contribution in [-0.2, 0) is 10.8 Å². The molecule has 0 unspecified atom stereocenters. The van der Waals surface area contributed by atoms with E-state index in [-0.39, 0.29) is 0 Å². The second-order valence-electron chi connectivity index (χ2n) is 18.7. The Hall–Kier alpha value is -8.92. The standard InChI is InChI=1S/C66H41NO2/c1-2-17-42(18-3-1)43-33-34-45-40-46(36-35-44(45)39-43)67(47-37-38-53-50(41-47)48-19-4-6-21-51(48)65(53)54-23-8-12-29-60(54)68-61-30-13-9-24-55(61)65)59-28-16-27-58-64(59)49-20-5-7-22-52(49)66(58)56-25-10-14-31-62(56)69-63-32-15-11-26-57(63)66/h1-41H. The lowest BCUT2D eigenvalue weighted by molar-refractivity contribution is 0.436. The van der Waals surface area contributed by atoms with Crippen molar-refractivity contribution >= 4 is 27.8 Å². The molecule has 11 aromatic carbocycles. The minimum absolute atomic E-state index is 0.566. The van der Waals surface area contributed by atoms with Crippen molar-refractivity contribution in [3.8, 4) is 56.4 Å². The highest BCUT2D eigenvalue weighted by Gasteiger charge is 2.53. The summed E-state index contributed by atoms with van der Waals surface area (Å²) in [6.07, 6.45) is 0. The molecule has 322 valence electrons. The maximum absolute atomic E-state index is 6.73. The van der Waals surface area contributed by atoms with E-state index in [2.05, 4.69) is 254 Å². The molecule has 0 radical (unpaired) electrons. The summed E-state index contributed by atoms with van der Waals surface area (Å²) in [5.74, 6) is 3.54. The fourth-order valence-electron chi connectivity index (χ4n) is 12.7. The van der Waals surface area contributed by atoms with Gasteiger partial charge in [-0.1, -0.05) is 188 Å². The lowest BCUT2D eigenvalue weighted by atomic mass is 9.66. The van der Waals surface area contributed by atoms with Gasteiger partial charge in [0, 0.05) is 39.2 Å². The average Bonchev–Trinajstić information content (AvgIpc) is 3.87. The second kappa shape index (κ2) is 14.3. The molecule has 0 fully saturated rings. The zero-order chi connectivity index (χ0) is 45.3. The number of para-hydroxylation sites is 4. The van der Waals surface area contributed by atoms with Gasteiger partial charge in [-0.2, -0.15) is 0 Å². The summed E-state index contributed by atoms with van der Waals surface area (Å²) in [5, 5.41) is 2.37. The molecular formula is C66H41NO2. The van der Waals surface area contributed by atoms with Crippen LogP contribution >= 0.6 is 0 Å². The first kappa shape index (κ1) is 38.2. The Balaban J connectivity index is 1.01. The molecule has 0 saturated heterocycles. The molecular weight excluding hydrogens is 839 g/mol. The molecule has 0 saturated carbocycles. The smallest absolute Gasteiger partial charge is 0.132 e. The number of fused-ring (bicyclic) bond motifs is 19. The van der Waals surface area contributed by atoms with Crippen molar-refractivity contribution in [2.75, 3.05) is 4.90 Å². The van der Waals surface area contributed by atoms with Crippen LogP contribution in [0, 0.1) is 0 Å². The normalized spacial score (nSPS) is 14.3. The number of benzene rings is 11. The first-order valence-electron chi connectivity index (χ1n) is 23.8. The van der Waals surface area contributed by atoms with Crippen molar-refractivity contribution < 1.29 is 9.47 Å². The summed E-state index contributed by atoms with van der Waals surface area (Å²) in [6, 6.07) is 91.0. The maximum Gasteiger partial charge on any atom is 0.132 e. The number of hydrogen-bond donors (Lipinski definition) is 0.